The Hall–Kier alpha value is -2.82. The Balaban J connectivity index is 2.02. The third kappa shape index (κ3) is 4.59. The minimum absolute atomic E-state index is 0.0745. The Bertz CT molecular complexity index is 726. The Kier molecular flexibility index (Phi) is 5.58. The molecular weight excluding hydrogens is 304 g/mol. The summed E-state index contributed by atoms with van der Waals surface area (Å²) in [5.74, 6) is 0.320. The molecule has 0 spiro atoms. The van der Waals surface area contributed by atoms with Gasteiger partial charge >= 0.3 is 0 Å². The van der Waals surface area contributed by atoms with Crippen molar-refractivity contribution in [2.24, 2.45) is 0 Å². The van der Waals surface area contributed by atoms with Gasteiger partial charge in [-0.25, -0.2) is 0 Å². The summed E-state index contributed by atoms with van der Waals surface area (Å²) in [7, 11) is 1.69. The molecule has 0 bridgehead atoms. The molecule has 0 aliphatic carbocycles. The van der Waals surface area contributed by atoms with E-state index in [2.05, 4.69) is 5.32 Å². The number of aryl methyl sites for hydroxylation is 1. The third-order valence-electron chi connectivity index (χ3n) is 3.68. The number of amides is 2. The van der Waals surface area contributed by atoms with Crippen molar-refractivity contribution in [2.75, 3.05) is 17.3 Å². The lowest BCUT2D eigenvalue weighted by molar-refractivity contribution is -0.122. The van der Waals surface area contributed by atoms with E-state index in [1.807, 2.05) is 37.3 Å². The molecule has 2 aromatic rings. The van der Waals surface area contributed by atoms with Crippen LogP contribution in [0.2, 0.25) is 0 Å². The minimum Gasteiger partial charge on any atom is -0.481 e. The van der Waals surface area contributed by atoms with Crippen LogP contribution in [0.4, 0.5) is 11.4 Å². The molecule has 5 heteroatoms. The number of carbonyl (C=O) groups is 2. The predicted octanol–water partition coefficient (Wildman–Crippen LogP) is 3.38. The largest absolute Gasteiger partial charge is 0.481 e. The molecule has 0 aliphatic heterocycles. The second kappa shape index (κ2) is 7.64. The Morgan fingerprint density at radius 3 is 2.42 bits per heavy atom. The average molecular weight is 326 g/mol. The van der Waals surface area contributed by atoms with Crippen LogP contribution < -0.4 is 15.0 Å². The molecule has 2 rings (SSSR count). The number of ether oxygens (including phenoxy) is 1. The van der Waals surface area contributed by atoms with Crippen LogP contribution in [-0.2, 0) is 9.59 Å². The Morgan fingerprint density at radius 2 is 1.79 bits per heavy atom. The molecule has 1 atom stereocenters. The number of benzene rings is 2. The topological polar surface area (TPSA) is 58.6 Å². The smallest absolute Gasteiger partial charge is 0.265 e. The molecule has 0 aromatic heterocycles. The first-order valence-corrected chi connectivity index (χ1v) is 7.75. The summed E-state index contributed by atoms with van der Waals surface area (Å²) in [5.41, 5.74) is 2.46. The van der Waals surface area contributed by atoms with Gasteiger partial charge in [0.2, 0.25) is 5.91 Å². The van der Waals surface area contributed by atoms with Crippen LogP contribution in [0.15, 0.2) is 48.5 Å². The fourth-order valence-corrected chi connectivity index (χ4v) is 2.09. The van der Waals surface area contributed by atoms with Gasteiger partial charge in [-0.15, -0.1) is 0 Å². The fourth-order valence-electron chi connectivity index (χ4n) is 2.09. The highest BCUT2D eigenvalue weighted by Crippen LogP contribution is 2.19. The van der Waals surface area contributed by atoms with Gasteiger partial charge in [-0.1, -0.05) is 23.8 Å². The summed E-state index contributed by atoms with van der Waals surface area (Å²) >= 11 is 0. The van der Waals surface area contributed by atoms with Crippen molar-refractivity contribution in [3.8, 4) is 5.75 Å². The van der Waals surface area contributed by atoms with Crippen LogP contribution in [0.5, 0.6) is 5.75 Å². The van der Waals surface area contributed by atoms with E-state index in [4.69, 9.17) is 4.74 Å². The van der Waals surface area contributed by atoms with Crippen molar-refractivity contribution in [1.29, 1.82) is 0 Å². The molecule has 2 amide bonds. The number of nitrogens with one attached hydrogen (secondary N) is 1. The number of nitrogens with zero attached hydrogens (tertiary/aromatic N) is 1. The van der Waals surface area contributed by atoms with Gasteiger partial charge in [-0.05, 0) is 44.2 Å². The summed E-state index contributed by atoms with van der Waals surface area (Å²) in [6, 6.07) is 14.6. The molecule has 1 N–H and O–H groups in total. The highest BCUT2D eigenvalue weighted by atomic mass is 16.5. The molecule has 0 heterocycles. The summed E-state index contributed by atoms with van der Waals surface area (Å²) in [6.07, 6.45) is -0.637. The van der Waals surface area contributed by atoms with Crippen LogP contribution in [0.25, 0.3) is 0 Å². The normalized spacial score (nSPS) is 11.5. The van der Waals surface area contributed by atoms with Crippen molar-refractivity contribution in [3.05, 3.63) is 54.1 Å². The standard InChI is InChI=1S/C19H22N2O3/c1-13-8-10-18(11-9-13)24-14(2)19(23)20-16-6-5-7-17(12-16)21(4)15(3)22/h5-12,14H,1-4H3,(H,20,23). The van der Waals surface area contributed by atoms with E-state index in [0.717, 1.165) is 5.56 Å². The first kappa shape index (κ1) is 17.5. The van der Waals surface area contributed by atoms with E-state index in [9.17, 15) is 9.59 Å². The first-order chi connectivity index (χ1) is 11.4. The molecular formula is C19H22N2O3. The Morgan fingerprint density at radius 1 is 1.12 bits per heavy atom. The molecule has 0 saturated heterocycles. The maximum absolute atomic E-state index is 12.3. The number of rotatable bonds is 5. The highest BCUT2D eigenvalue weighted by molar-refractivity contribution is 5.96. The van der Waals surface area contributed by atoms with Gasteiger partial charge in [-0.3, -0.25) is 9.59 Å². The lowest BCUT2D eigenvalue weighted by Gasteiger charge is -2.18. The van der Waals surface area contributed by atoms with Crippen LogP contribution in [0, 0.1) is 6.92 Å². The maximum Gasteiger partial charge on any atom is 0.265 e. The van der Waals surface area contributed by atoms with Crippen LogP contribution in [0.1, 0.15) is 19.4 Å². The number of hydrogen-bond donors (Lipinski definition) is 1. The van der Waals surface area contributed by atoms with Crippen molar-refractivity contribution in [3.63, 3.8) is 0 Å². The highest BCUT2D eigenvalue weighted by Gasteiger charge is 2.15. The van der Waals surface area contributed by atoms with E-state index in [-0.39, 0.29) is 11.8 Å². The molecule has 0 radical (unpaired) electrons. The molecule has 0 saturated carbocycles. The number of anilines is 2. The lowest BCUT2D eigenvalue weighted by Crippen LogP contribution is -2.30. The Labute approximate surface area is 142 Å². The van der Waals surface area contributed by atoms with Crippen molar-refractivity contribution >= 4 is 23.2 Å². The van der Waals surface area contributed by atoms with Gasteiger partial charge in [0.1, 0.15) is 5.75 Å². The summed E-state index contributed by atoms with van der Waals surface area (Å²) in [6.45, 7) is 5.18. The van der Waals surface area contributed by atoms with E-state index in [1.165, 1.54) is 11.8 Å². The van der Waals surface area contributed by atoms with E-state index in [1.54, 1.807) is 32.2 Å². The van der Waals surface area contributed by atoms with Crippen LogP contribution >= 0.6 is 0 Å². The minimum atomic E-state index is -0.637. The monoisotopic (exact) mass is 326 g/mol. The van der Waals surface area contributed by atoms with E-state index < -0.39 is 6.10 Å². The zero-order valence-corrected chi connectivity index (χ0v) is 14.4. The fraction of sp³-hybridized carbons (Fsp3) is 0.263. The molecule has 1 unspecified atom stereocenters. The molecule has 5 nitrogen and oxygen atoms in total. The van der Waals surface area contributed by atoms with Gasteiger partial charge in [0.25, 0.3) is 5.91 Å². The van der Waals surface area contributed by atoms with Crippen molar-refractivity contribution < 1.29 is 14.3 Å². The zero-order chi connectivity index (χ0) is 17.7. The summed E-state index contributed by atoms with van der Waals surface area (Å²) < 4.78 is 5.64. The van der Waals surface area contributed by atoms with E-state index >= 15 is 0 Å². The second-order valence-corrected chi connectivity index (χ2v) is 5.69. The van der Waals surface area contributed by atoms with Gasteiger partial charge < -0.3 is 15.0 Å². The molecule has 2 aromatic carbocycles. The quantitative estimate of drug-likeness (QED) is 0.916. The van der Waals surface area contributed by atoms with Crippen molar-refractivity contribution in [2.45, 2.75) is 26.9 Å². The number of carbonyl (C=O) groups excluding carboxylic acids is 2. The number of hydrogen-bond acceptors (Lipinski definition) is 3. The molecule has 126 valence electrons. The first-order valence-electron chi connectivity index (χ1n) is 7.75. The van der Waals surface area contributed by atoms with E-state index in [0.29, 0.717) is 17.1 Å². The van der Waals surface area contributed by atoms with Gasteiger partial charge in [0.05, 0.1) is 0 Å². The van der Waals surface area contributed by atoms with Gasteiger partial charge in [0.15, 0.2) is 6.10 Å². The molecule has 0 aliphatic rings. The summed E-state index contributed by atoms with van der Waals surface area (Å²) in [4.78, 5) is 25.2. The predicted molar refractivity (Wildman–Crippen MR) is 95.4 cm³/mol. The lowest BCUT2D eigenvalue weighted by atomic mass is 10.2. The zero-order valence-electron chi connectivity index (χ0n) is 14.4. The van der Waals surface area contributed by atoms with Crippen LogP contribution in [0.3, 0.4) is 0 Å². The SMILES string of the molecule is CC(=O)N(C)c1cccc(NC(=O)C(C)Oc2ccc(C)cc2)c1. The van der Waals surface area contributed by atoms with Gasteiger partial charge in [-0.2, -0.15) is 0 Å². The third-order valence-corrected chi connectivity index (χ3v) is 3.68. The average Bonchev–Trinajstić information content (AvgIpc) is 2.56. The van der Waals surface area contributed by atoms with Gasteiger partial charge in [0, 0.05) is 25.3 Å². The maximum atomic E-state index is 12.3. The second-order valence-electron chi connectivity index (χ2n) is 5.69. The molecule has 0 fully saturated rings. The molecule has 24 heavy (non-hydrogen) atoms. The van der Waals surface area contributed by atoms with Crippen molar-refractivity contribution in [1.82, 2.24) is 0 Å². The van der Waals surface area contributed by atoms with Crippen LogP contribution in [-0.4, -0.2) is 25.0 Å². The summed E-state index contributed by atoms with van der Waals surface area (Å²) in [5, 5.41) is 2.81.